The summed E-state index contributed by atoms with van der Waals surface area (Å²) in [6.07, 6.45) is 6.34. The van der Waals surface area contributed by atoms with E-state index in [0.717, 1.165) is 5.69 Å². The number of hydrogen-bond acceptors (Lipinski definition) is 4. The lowest BCUT2D eigenvalue weighted by Crippen LogP contribution is -2.31. The molecule has 1 aromatic heterocycles. The van der Waals surface area contributed by atoms with E-state index in [1.54, 1.807) is 0 Å². The topological polar surface area (TPSA) is 50.2 Å². The van der Waals surface area contributed by atoms with Crippen LogP contribution in [0.2, 0.25) is 0 Å². The normalized spacial score (nSPS) is 14.4. The molecule has 0 aliphatic carbocycles. The fraction of sp³-hybridized carbons (Fsp3) is 0.500. The summed E-state index contributed by atoms with van der Waals surface area (Å²) in [5.41, 5.74) is 6.04. The van der Waals surface area contributed by atoms with Gasteiger partial charge in [-0.25, -0.2) is 4.98 Å². The molecule has 1 aliphatic rings. The number of allylic oxidation sites excluding steroid dienone is 1. The summed E-state index contributed by atoms with van der Waals surface area (Å²) in [6.45, 7) is 19.1. The fourth-order valence-electron chi connectivity index (χ4n) is 3.41. The maximum Gasteiger partial charge on any atom is 0.106 e. The molecular weight excluding hydrogens is 360 g/mol. The van der Waals surface area contributed by atoms with E-state index in [1.807, 2.05) is 26.2 Å². The summed E-state index contributed by atoms with van der Waals surface area (Å²) < 4.78 is 2.09. The maximum absolute atomic E-state index is 8.00. The number of rotatable bonds is 4. The summed E-state index contributed by atoms with van der Waals surface area (Å²) in [7, 11) is 2.19. The van der Waals surface area contributed by atoms with Crippen LogP contribution in [0.25, 0.3) is 0 Å². The molecular formula is C24H38N4O. The molecule has 0 saturated carbocycles. The van der Waals surface area contributed by atoms with E-state index < -0.39 is 0 Å². The average Bonchev–Trinajstić information content (AvgIpc) is 3.10. The van der Waals surface area contributed by atoms with E-state index in [2.05, 4.69) is 79.3 Å². The number of carbonyl (C=O) groups is 1. The Morgan fingerprint density at radius 3 is 2.07 bits per heavy atom. The molecule has 5 nitrogen and oxygen atoms in total. The van der Waals surface area contributed by atoms with Crippen molar-refractivity contribution in [2.45, 2.75) is 53.5 Å². The van der Waals surface area contributed by atoms with Crippen molar-refractivity contribution in [1.29, 1.82) is 0 Å². The van der Waals surface area contributed by atoms with Crippen molar-refractivity contribution >= 4 is 12.5 Å². The van der Waals surface area contributed by atoms with Crippen LogP contribution in [0.4, 0.5) is 5.69 Å². The lowest BCUT2D eigenvalue weighted by molar-refractivity contribution is -0.0979. The number of imidazole rings is 1. The standard InChI is InChI=1S/C16H24N2.C7H12N2.CH2O/c1-12-9-13(2)11-16(10-12)17-14(3)15-5-7-18(4)8-6-15;1-6(2)9-4-7(3)8-5-9;1-2/h9-11,15,17H,3,5-8H2,1-2,4H3;4-6H,1-3H3;1H2. The SMILES string of the molecule is C=C(Nc1cc(C)cc(C)c1)C1CCN(C)CC1.C=O.Cc1cn(C(C)C)cn1. The number of hydrogen-bond donors (Lipinski definition) is 1. The molecule has 1 fully saturated rings. The highest BCUT2D eigenvalue weighted by molar-refractivity contribution is 5.52. The highest BCUT2D eigenvalue weighted by Crippen LogP contribution is 2.25. The van der Waals surface area contributed by atoms with Gasteiger partial charge in [0.15, 0.2) is 0 Å². The molecule has 5 heteroatoms. The van der Waals surface area contributed by atoms with E-state index >= 15 is 0 Å². The molecule has 1 aliphatic heterocycles. The highest BCUT2D eigenvalue weighted by atomic mass is 16.1. The zero-order chi connectivity index (χ0) is 22.0. The minimum atomic E-state index is 0.534. The Balaban J connectivity index is 0.000000321. The largest absolute Gasteiger partial charge is 0.359 e. The van der Waals surface area contributed by atoms with Gasteiger partial charge in [0, 0.05) is 29.5 Å². The zero-order valence-corrected chi connectivity index (χ0v) is 19.0. The quantitative estimate of drug-likeness (QED) is 0.773. The van der Waals surface area contributed by atoms with E-state index in [-0.39, 0.29) is 0 Å². The van der Waals surface area contributed by atoms with Crippen LogP contribution in [0.3, 0.4) is 0 Å². The Bertz CT molecular complexity index is 738. The molecule has 3 rings (SSSR count). The molecule has 1 saturated heterocycles. The molecule has 0 amide bonds. The first-order chi connectivity index (χ1) is 13.7. The number of nitrogens with one attached hydrogen (secondary N) is 1. The van der Waals surface area contributed by atoms with Crippen LogP contribution in [0.5, 0.6) is 0 Å². The number of benzene rings is 1. The second-order valence-corrected chi connectivity index (χ2v) is 8.16. The highest BCUT2D eigenvalue weighted by Gasteiger charge is 2.19. The van der Waals surface area contributed by atoms with Gasteiger partial charge in [-0.15, -0.1) is 0 Å². The third-order valence-corrected chi connectivity index (χ3v) is 5.06. The molecule has 2 heterocycles. The number of aryl methyl sites for hydroxylation is 3. The predicted molar refractivity (Wildman–Crippen MR) is 123 cm³/mol. The third-order valence-electron chi connectivity index (χ3n) is 5.06. The molecule has 160 valence electrons. The van der Waals surface area contributed by atoms with Crippen molar-refractivity contribution in [1.82, 2.24) is 14.5 Å². The molecule has 0 radical (unpaired) electrons. The van der Waals surface area contributed by atoms with Crippen LogP contribution < -0.4 is 5.32 Å². The van der Waals surface area contributed by atoms with Gasteiger partial charge >= 0.3 is 0 Å². The van der Waals surface area contributed by atoms with Crippen LogP contribution in [-0.2, 0) is 4.79 Å². The van der Waals surface area contributed by atoms with Crippen LogP contribution in [-0.4, -0.2) is 41.4 Å². The number of likely N-dealkylation sites (tertiary alicyclic amines) is 1. The smallest absolute Gasteiger partial charge is 0.106 e. The van der Waals surface area contributed by atoms with Crippen LogP contribution >= 0.6 is 0 Å². The van der Waals surface area contributed by atoms with Gasteiger partial charge < -0.3 is 19.6 Å². The van der Waals surface area contributed by atoms with Crippen LogP contribution in [0.15, 0.2) is 43.0 Å². The van der Waals surface area contributed by atoms with Crippen molar-refractivity contribution in [2.24, 2.45) is 5.92 Å². The van der Waals surface area contributed by atoms with Gasteiger partial charge in [0.05, 0.1) is 12.0 Å². The summed E-state index contributed by atoms with van der Waals surface area (Å²) in [6, 6.07) is 7.11. The second kappa shape index (κ2) is 12.2. The van der Waals surface area contributed by atoms with Gasteiger partial charge in [0.1, 0.15) is 6.79 Å². The van der Waals surface area contributed by atoms with Crippen molar-refractivity contribution in [3.05, 3.63) is 59.8 Å². The van der Waals surface area contributed by atoms with Gasteiger partial charge in [-0.3, -0.25) is 0 Å². The number of anilines is 1. The summed E-state index contributed by atoms with van der Waals surface area (Å²) in [4.78, 5) is 14.5. The Hall–Kier alpha value is -2.40. The average molecular weight is 399 g/mol. The molecule has 0 spiro atoms. The van der Waals surface area contributed by atoms with Crippen LogP contribution in [0, 0.1) is 26.7 Å². The Kier molecular flexibility index (Phi) is 10.4. The summed E-state index contributed by atoms with van der Waals surface area (Å²) >= 11 is 0. The minimum Gasteiger partial charge on any atom is -0.359 e. The molecule has 29 heavy (non-hydrogen) atoms. The Morgan fingerprint density at radius 2 is 1.66 bits per heavy atom. The van der Waals surface area contributed by atoms with Crippen LogP contribution in [0.1, 0.15) is 49.6 Å². The predicted octanol–water partition coefficient (Wildman–Crippen LogP) is 5.16. The number of aromatic nitrogens is 2. The third kappa shape index (κ3) is 8.65. The van der Waals surface area contributed by atoms with Crippen molar-refractivity contribution in [2.75, 3.05) is 25.5 Å². The Morgan fingerprint density at radius 1 is 1.10 bits per heavy atom. The van der Waals surface area contributed by atoms with Crippen molar-refractivity contribution < 1.29 is 4.79 Å². The van der Waals surface area contributed by atoms with Crippen molar-refractivity contribution in [3.63, 3.8) is 0 Å². The van der Waals surface area contributed by atoms with Gasteiger partial charge in [-0.05, 0) is 90.9 Å². The van der Waals surface area contributed by atoms with Gasteiger partial charge in [-0.1, -0.05) is 12.6 Å². The van der Waals surface area contributed by atoms with E-state index in [0.29, 0.717) is 12.0 Å². The first-order valence-electron chi connectivity index (χ1n) is 10.3. The maximum atomic E-state index is 8.00. The number of nitrogens with zero attached hydrogens (tertiary/aromatic N) is 3. The van der Waals surface area contributed by atoms with Gasteiger partial charge in [0.25, 0.3) is 0 Å². The Labute approximate surface area is 176 Å². The first kappa shape index (κ1) is 24.6. The summed E-state index contributed by atoms with van der Waals surface area (Å²) in [5, 5.41) is 3.50. The van der Waals surface area contributed by atoms with Crippen molar-refractivity contribution in [3.8, 4) is 0 Å². The summed E-state index contributed by atoms with van der Waals surface area (Å²) in [5.74, 6) is 0.613. The zero-order valence-electron chi connectivity index (χ0n) is 19.0. The van der Waals surface area contributed by atoms with E-state index in [9.17, 15) is 0 Å². The lowest BCUT2D eigenvalue weighted by atomic mass is 9.94. The molecule has 1 N–H and O–H groups in total. The molecule has 2 aromatic rings. The molecule has 1 aromatic carbocycles. The minimum absolute atomic E-state index is 0.534. The van der Waals surface area contributed by atoms with Gasteiger partial charge in [0.2, 0.25) is 0 Å². The lowest BCUT2D eigenvalue weighted by Gasteiger charge is -2.30. The number of piperidine rings is 1. The fourth-order valence-corrected chi connectivity index (χ4v) is 3.41. The molecule has 0 atom stereocenters. The number of carbonyl (C=O) groups excluding carboxylic acids is 1. The van der Waals surface area contributed by atoms with E-state index in [4.69, 9.17) is 4.79 Å². The molecule has 0 bridgehead atoms. The monoisotopic (exact) mass is 398 g/mol. The second-order valence-electron chi connectivity index (χ2n) is 8.16. The molecule has 0 unspecified atom stereocenters. The van der Waals surface area contributed by atoms with Gasteiger partial charge in [-0.2, -0.15) is 0 Å². The first-order valence-corrected chi connectivity index (χ1v) is 10.3. The van der Waals surface area contributed by atoms with E-state index in [1.165, 1.54) is 48.4 Å².